The fourth-order valence-corrected chi connectivity index (χ4v) is 3.83. The van der Waals surface area contributed by atoms with Gasteiger partial charge in [0.1, 0.15) is 11.6 Å². The number of pyridine rings is 1. The number of hydrogen-bond acceptors (Lipinski definition) is 5. The first-order valence-corrected chi connectivity index (χ1v) is 9.07. The normalized spacial score (nSPS) is 16.7. The van der Waals surface area contributed by atoms with Crippen molar-refractivity contribution in [2.75, 3.05) is 4.90 Å². The number of amides is 1. The van der Waals surface area contributed by atoms with Crippen molar-refractivity contribution < 1.29 is 23.5 Å². The van der Waals surface area contributed by atoms with E-state index >= 15 is 0 Å². The third-order valence-corrected chi connectivity index (χ3v) is 5.24. The van der Waals surface area contributed by atoms with Gasteiger partial charge in [0.05, 0.1) is 22.2 Å². The van der Waals surface area contributed by atoms with Crippen LogP contribution in [0.15, 0.2) is 71.6 Å². The highest BCUT2D eigenvalue weighted by Crippen LogP contribution is 2.42. The van der Waals surface area contributed by atoms with Gasteiger partial charge < -0.3 is 5.11 Å². The average molecular weight is 398 g/mol. The van der Waals surface area contributed by atoms with Gasteiger partial charge in [-0.3, -0.25) is 19.5 Å². The number of aromatic nitrogens is 1. The molecule has 3 aromatic rings. The lowest BCUT2D eigenvalue weighted by Crippen LogP contribution is -2.31. The second-order valence-corrected chi connectivity index (χ2v) is 6.98. The maximum absolute atomic E-state index is 14.5. The zero-order valence-corrected chi connectivity index (χ0v) is 15.0. The van der Waals surface area contributed by atoms with Crippen molar-refractivity contribution in [1.82, 2.24) is 4.98 Å². The largest absolute Gasteiger partial charge is 0.503 e. The number of carbonyl (C=O) groups excluding carboxylic acids is 2. The fourth-order valence-electron chi connectivity index (χ4n) is 3.16. The van der Waals surface area contributed by atoms with Crippen molar-refractivity contribution in [3.8, 4) is 0 Å². The lowest BCUT2D eigenvalue weighted by Gasteiger charge is -2.26. The summed E-state index contributed by atoms with van der Waals surface area (Å²) in [6.45, 7) is 0. The van der Waals surface area contributed by atoms with Crippen LogP contribution in [0.3, 0.4) is 0 Å². The molecule has 3 heterocycles. The molecule has 0 saturated carbocycles. The van der Waals surface area contributed by atoms with E-state index in [1.165, 1.54) is 12.4 Å². The van der Waals surface area contributed by atoms with Gasteiger partial charge in [0.2, 0.25) is 5.78 Å². The van der Waals surface area contributed by atoms with Gasteiger partial charge in [-0.25, -0.2) is 8.78 Å². The van der Waals surface area contributed by atoms with Gasteiger partial charge in [-0.15, -0.1) is 11.3 Å². The molecule has 0 bridgehead atoms. The number of Topliss-reactive ketones (excluding diaryl/α,β-unsaturated/α-hetero) is 1. The van der Waals surface area contributed by atoms with Crippen molar-refractivity contribution in [2.24, 2.45) is 0 Å². The van der Waals surface area contributed by atoms with Crippen LogP contribution in [-0.2, 0) is 4.79 Å². The molecule has 28 heavy (non-hydrogen) atoms. The molecular formula is C20H12F2N2O3S. The lowest BCUT2D eigenvalue weighted by atomic mass is 9.96. The number of carbonyl (C=O) groups is 2. The second-order valence-electron chi connectivity index (χ2n) is 6.03. The molecule has 1 aliphatic heterocycles. The van der Waals surface area contributed by atoms with Gasteiger partial charge in [0.15, 0.2) is 5.76 Å². The number of ketones is 1. The van der Waals surface area contributed by atoms with Crippen LogP contribution < -0.4 is 4.90 Å². The molecule has 1 unspecified atom stereocenters. The van der Waals surface area contributed by atoms with Crippen LogP contribution in [0.2, 0.25) is 0 Å². The summed E-state index contributed by atoms with van der Waals surface area (Å²) in [6.07, 6.45) is 2.93. The molecule has 1 aliphatic rings. The van der Waals surface area contributed by atoms with E-state index in [0.717, 1.165) is 28.4 Å². The quantitative estimate of drug-likeness (QED) is 0.669. The topological polar surface area (TPSA) is 70.5 Å². The van der Waals surface area contributed by atoms with Crippen molar-refractivity contribution in [1.29, 1.82) is 0 Å². The lowest BCUT2D eigenvalue weighted by molar-refractivity contribution is -0.117. The first-order chi connectivity index (χ1) is 13.5. The van der Waals surface area contributed by atoms with Gasteiger partial charge in [0.25, 0.3) is 5.91 Å². The summed E-state index contributed by atoms with van der Waals surface area (Å²) in [5.74, 6) is -4.05. The van der Waals surface area contributed by atoms with Crippen molar-refractivity contribution in [2.45, 2.75) is 6.04 Å². The van der Waals surface area contributed by atoms with Crippen LogP contribution in [0.1, 0.15) is 21.3 Å². The van der Waals surface area contributed by atoms with Gasteiger partial charge in [-0.1, -0.05) is 12.1 Å². The number of thiophene rings is 1. The minimum absolute atomic E-state index is 0.177. The van der Waals surface area contributed by atoms with E-state index in [2.05, 4.69) is 4.98 Å². The van der Waals surface area contributed by atoms with E-state index < -0.39 is 35.1 Å². The Hall–Kier alpha value is -3.39. The molecule has 0 saturated heterocycles. The number of hydrogen-bond donors (Lipinski definition) is 1. The zero-order valence-electron chi connectivity index (χ0n) is 14.2. The van der Waals surface area contributed by atoms with Crippen molar-refractivity contribution in [3.63, 3.8) is 0 Å². The van der Waals surface area contributed by atoms with E-state index in [9.17, 15) is 23.5 Å². The smallest absolute Gasteiger partial charge is 0.294 e. The highest BCUT2D eigenvalue weighted by atomic mass is 32.1. The summed E-state index contributed by atoms with van der Waals surface area (Å²) in [4.78, 5) is 31.1. The summed E-state index contributed by atoms with van der Waals surface area (Å²) in [5, 5.41) is 12.2. The number of rotatable bonds is 4. The summed E-state index contributed by atoms with van der Waals surface area (Å²) in [5.41, 5.74) is -0.0199. The molecule has 5 nitrogen and oxygen atoms in total. The summed E-state index contributed by atoms with van der Waals surface area (Å²) < 4.78 is 27.8. The summed E-state index contributed by atoms with van der Waals surface area (Å²) in [7, 11) is 0. The Bertz CT molecular complexity index is 1100. The Morgan fingerprint density at radius 1 is 1.18 bits per heavy atom. The summed E-state index contributed by atoms with van der Waals surface area (Å²) in [6, 6.07) is 8.08. The summed E-state index contributed by atoms with van der Waals surface area (Å²) >= 11 is 1.16. The predicted octanol–water partition coefficient (Wildman–Crippen LogP) is 4.20. The number of benzene rings is 1. The SMILES string of the molecule is O=C(C1=C(O)C(=O)N(c2ccc(F)cc2F)C1c1cccnc1)c1cccs1. The number of nitrogens with zero attached hydrogens (tertiary/aromatic N) is 2. The van der Waals surface area contributed by atoms with Gasteiger partial charge in [-0.2, -0.15) is 0 Å². The van der Waals surface area contributed by atoms with Gasteiger partial charge >= 0.3 is 0 Å². The Morgan fingerprint density at radius 2 is 2.00 bits per heavy atom. The Balaban J connectivity index is 1.90. The molecule has 1 amide bonds. The van der Waals surface area contributed by atoms with Crippen LogP contribution in [-0.4, -0.2) is 21.8 Å². The molecule has 0 fully saturated rings. The highest BCUT2D eigenvalue weighted by Gasteiger charge is 2.45. The molecular weight excluding hydrogens is 386 g/mol. The van der Waals surface area contributed by atoms with Gasteiger partial charge in [0, 0.05) is 18.5 Å². The van der Waals surface area contributed by atoms with E-state index in [0.29, 0.717) is 16.5 Å². The van der Waals surface area contributed by atoms with Crippen LogP contribution in [0.4, 0.5) is 14.5 Å². The maximum Gasteiger partial charge on any atom is 0.294 e. The number of anilines is 1. The molecule has 8 heteroatoms. The Morgan fingerprint density at radius 3 is 2.64 bits per heavy atom. The minimum atomic E-state index is -1.10. The average Bonchev–Trinajstić information content (AvgIpc) is 3.31. The standard InChI is InChI=1S/C20H12F2N2O3S/c21-12-5-6-14(13(22)9-12)24-17(11-3-1-7-23-10-11)16(19(26)20(24)27)18(25)15-4-2-8-28-15/h1-10,17,26H. The van der Waals surface area contributed by atoms with Crippen molar-refractivity contribution >= 4 is 28.7 Å². The van der Waals surface area contributed by atoms with Crippen LogP contribution in [0, 0.1) is 11.6 Å². The first-order valence-electron chi connectivity index (χ1n) is 8.19. The third kappa shape index (κ3) is 2.87. The highest BCUT2D eigenvalue weighted by molar-refractivity contribution is 7.12. The molecule has 140 valence electrons. The monoisotopic (exact) mass is 398 g/mol. The van der Waals surface area contributed by atoms with E-state index in [1.54, 1.807) is 29.6 Å². The maximum atomic E-state index is 14.5. The molecule has 2 aromatic heterocycles. The third-order valence-electron chi connectivity index (χ3n) is 4.37. The number of aliphatic hydroxyl groups is 1. The molecule has 1 atom stereocenters. The van der Waals surface area contributed by atoms with Crippen LogP contribution >= 0.6 is 11.3 Å². The molecule has 0 spiro atoms. The molecule has 1 N–H and O–H groups in total. The predicted molar refractivity (Wildman–Crippen MR) is 99.1 cm³/mol. The molecule has 4 rings (SSSR count). The second kappa shape index (κ2) is 6.97. The molecule has 0 aliphatic carbocycles. The van der Waals surface area contributed by atoms with Crippen molar-refractivity contribution in [3.05, 3.63) is 93.6 Å². The first kappa shape index (κ1) is 18.0. The van der Waals surface area contributed by atoms with E-state index in [-0.39, 0.29) is 11.3 Å². The minimum Gasteiger partial charge on any atom is -0.503 e. The van der Waals surface area contributed by atoms with Gasteiger partial charge in [-0.05, 0) is 35.2 Å². The molecule has 1 aromatic carbocycles. The number of aliphatic hydroxyl groups excluding tert-OH is 1. The van der Waals surface area contributed by atoms with E-state index in [4.69, 9.17) is 0 Å². The Labute approximate surface area is 162 Å². The zero-order chi connectivity index (χ0) is 19.8. The number of halogens is 2. The van der Waals surface area contributed by atoms with Crippen LogP contribution in [0.5, 0.6) is 0 Å². The molecule has 0 radical (unpaired) electrons. The Kier molecular flexibility index (Phi) is 4.48. The fraction of sp³-hybridized carbons (Fsp3) is 0.0500. The van der Waals surface area contributed by atoms with E-state index in [1.807, 2.05) is 0 Å². The van der Waals surface area contributed by atoms with Crippen LogP contribution in [0.25, 0.3) is 0 Å².